The van der Waals surface area contributed by atoms with Crippen LogP contribution in [0.15, 0.2) is 18.5 Å². The minimum atomic E-state index is 0.538. The average Bonchev–Trinajstić information content (AvgIpc) is 2.09. The maximum Gasteiger partial charge on any atom is 0.131 e. The first-order valence-electron chi connectivity index (χ1n) is 4.07. The second-order valence-corrected chi connectivity index (χ2v) is 2.98. The molecule has 0 saturated heterocycles. The molecule has 1 aromatic heterocycles. The van der Waals surface area contributed by atoms with Crippen LogP contribution in [0.1, 0.15) is 18.1 Å². The van der Waals surface area contributed by atoms with E-state index in [9.17, 15) is 0 Å². The van der Waals surface area contributed by atoms with Crippen molar-refractivity contribution in [3.05, 3.63) is 29.7 Å². The van der Waals surface area contributed by atoms with Gasteiger partial charge in [-0.15, -0.1) is 0 Å². The molecule has 70 valence electrons. The zero-order valence-electron chi connectivity index (χ0n) is 8.16. The van der Waals surface area contributed by atoms with Crippen molar-refractivity contribution in [2.24, 2.45) is 0 Å². The van der Waals surface area contributed by atoms with Gasteiger partial charge in [0, 0.05) is 11.8 Å². The third-order valence-electron chi connectivity index (χ3n) is 1.77. The Morgan fingerprint density at radius 2 is 2.31 bits per heavy atom. The van der Waals surface area contributed by atoms with Crippen molar-refractivity contribution in [1.82, 2.24) is 4.98 Å². The lowest BCUT2D eigenvalue weighted by Gasteiger charge is -2.05. The number of aromatic nitrogens is 1. The summed E-state index contributed by atoms with van der Waals surface area (Å²) in [4.78, 5) is 4.06. The number of nitrogens with two attached hydrogens (primary N) is 1. The summed E-state index contributed by atoms with van der Waals surface area (Å²) in [6.45, 7) is 3.92. The number of rotatable bonds is 2. The fraction of sp³-hybridized carbons (Fsp3) is 0.300. The van der Waals surface area contributed by atoms with Crippen LogP contribution in [0.3, 0.4) is 0 Å². The zero-order valence-corrected chi connectivity index (χ0v) is 8.16. The Labute approximate surface area is 78.2 Å². The van der Waals surface area contributed by atoms with Crippen molar-refractivity contribution in [1.29, 1.82) is 0 Å². The maximum absolute atomic E-state index is 5.71. The molecule has 0 aliphatic carbocycles. The Morgan fingerprint density at radius 1 is 1.62 bits per heavy atom. The first-order valence-corrected chi connectivity index (χ1v) is 4.07. The highest BCUT2D eigenvalue weighted by Gasteiger charge is 2.02. The molecule has 0 fully saturated rings. The lowest BCUT2D eigenvalue weighted by atomic mass is 10.1. The quantitative estimate of drug-likeness (QED) is 0.704. The van der Waals surface area contributed by atoms with Gasteiger partial charge in [-0.1, -0.05) is 0 Å². The maximum atomic E-state index is 5.71. The molecule has 0 amide bonds. The third-order valence-corrected chi connectivity index (χ3v) is 1.77. The Hall–Kier alpha value is -1.51. The van der Waals surface area contributed by atoms with E-state index in [1.165, 1.54) is 0 Å². The summed E-state index contributed by atoms with van der Waals surface area (Å²) in [5, 5.41) is 0. The van der Waals surface area contributed by atoms with Gasteiger partial charge in [-0.3, -0.25) is 0 Å². The second-order valence-electron chi connectivity index (χ2n) is 2.98. The molecule has 0 spiro atoms. The first-order chi connectivity index (χ1) is 6.15. The molecule has 1 heterocycles. The van der Waals surface area contributed by atoms with E-state index in [1.807, 2.05) is 19.9 Å². The lowest BCUT2D eigenvalue weighted by molar-refractivity contribution is 0.339. The van der Waals surface area contributed by atoms with Gasteiger partial charge in [0.1, 0.15) is 5.82 Å². The number of ether oxygens (including phenoxy) is 1. The van der Waals surface area contributed by atoms with E-state index >= 15 is 0 Å². The van der Waals surface area contributed by atoms with E-state index in [0.29, 0.717) is 5.82 Å². The molecule has 0 saturated carbocycles. The SMILES string of the molecule is COC=C(C)c1cc(C)cnc1N. The van der Waals surface area contributed by atoms with Gasteiger partial charge in [0.25, 0.3) is 0 Å². The van der Waals surface area contributed by atoms with Crippen molar-refractivity contribution in [3.8, 4) is 0 Å². The lowest BCUT2D eigenvalue weighted by Crippen LogP contribution is -1.96. The predicted octanol–water partition coefficient (Wildman–Crippen LogP) is 1.98. The van der Waals surface area contributed by atoms with Crippen molar-refractivity contribution >= 4 is 11.4 Å². The fourth-order valence-corrected chi connectivity index (χ4v) is 1.14. The van der Waals surface area contributed by atoms with Crippen LogP contribution in [0.4, 0.5) is 5.82 Å². The molecule has 3 heteroatoms. The van der Waals surface area contributed by atoms with Crippen molar-refractivity contribution in [2.45, 2.75) is 13.8 Å². The summed E-state index contributed by atoms with van der Waals surface area (Å²) in [6.07, 6.45) is 3.41. The number of nitrogens with zero attached hydrogens (tertiary/aromatic N) is 1. The highest BCUT2D eigenvalue weighted by atomic mass is 16.5. The van der Waals surface area contributed by atoms with Gasteiger partial charge in [0.2, 0.25) is 0 Å². The number of methoxy groups -OCH3 is 1. The summed E-state index contributed by atoms with van der Waals surface area (Å²) < 4.78 is 4.91. The molecule has 0 unspecified atom stereocenters. The van der Waals surface area contributed by atoms with Crippen LogP contribution in [0.5, 0.6) is 0 Å². The molecule has 3 nitrogen and oxygen atoms in total. The van der Waals surface area contributed by atoms with Crippen LogP contribution in [-0.4, -0.2) is 12.1 Å². The van der Waals surface area contributed by atoms with Gasteiger partial charge < -0.3 is 10.5 Å². The van der Waals surface area contributed by atoms with Crippen molar-refractivity contribution < 1.29 is 4.74 Å². The monoisotopic (exact) mass is 178 g/mol. The number of nitrogen functional groups attached to an aromatic ring is 1. The molecule has 0 radical (unpaired) electrons. The number of pyridine rings is 1. The van der Waals surface area contributed by atoms with E-state index in [-0.39, 0.29) is 0 Å². The minimum absolute atomic E-state index is 0.538. The summed E-state index contributed by atoms with van der Waals surface area (Å²) in [5.74, 6) is 0.538. The van der Waals surface area contributed by atoms with Gasteiger partial charge >= 0.3 is 0 Å². The summed E-state index contributed by atoms with van der Waals surface area (Å²) in [7, 11) is 1.61. The van der Waals surface area contributed by atoms with E-state index in [4.69, 9.17) is 10.5 Å². The normalized spacial score (nSPS) is 11.5. The fourth-order valence-electron chi connectivity index (χ4n) is 1.14. The number of aryl methyl sites for hydroxylation is 1. The molecule has 0 aromatic carbocycles. The first kappa shape index (κ1) is 9.58. The van der Waals surface area contributed by atoms with Crippen molar-refractivity contribution in [2.75, 3.05) is 12.8 Å². The predicted molar refractivity (Wildman–Crippen MR) is 54.0 cm³/mol. The highest BCUT2D eigenvalue weighted by Crippen LogP contribution is 2.19. The molecule has 0 bridgehead atoms. The molecular formula is C10H14N2O. The Bertz CT molecular complexity index is 332. The van der Waals surface area contributed by atoms with E-state index in [2.05, 4.69) is 4.98 Å². The van der Waals surface area contributed by atoms with Crippen LogP contribution < -0.4 is 5.73 Å². The topological polar surface area (TPSA) is 48.1 Å². The van der Waals surface area contributed by atoms with Crippen LogP contribution in [0, 0.1) is 6.92 Å². The van der Waals surface area contributed by atoms with Gasteiger partial charge in [0.15, 0.2) is 0 Å². The largest absolute Gasteiger partial charge is 0.504 e. The highest BCUT2D eigenvalue weighted by molar-refractivity contribution is 5.71. The smallest absolute Gasteiger partial charge is 0.131 e. The number of allylic oxidation sites excluding steroid dienone is 1. The van der Waals surface area contributed by atoms with Crippen LogP contribution >= 0.6 is 0 Å². The average molecular weight is 178 g/mol. The molecule has 13 heavy (non-hydrogen) atoms. The van der Waals surface area contributed by atoms with Gasteiger partial charge in [0.05, 0.1) is 13.4 Å². The Morgan fingerprint density at radius 3 is 2.92 bits per heavy atom. The summed E-state index contributed by atoms with van der Waals surface area (Å²) >= 11 is 0. The number of anilines is 1. The summed E-state index contributed by atoms with van der Waals surface area (Å²) in [6, 6.07) is 1.99. The molecule has 1 rings (SSSR count). The Balaban J connectivity index is 3.13. The molecule has 0 aliphatic heterocycles. The minimum Gasteiger partial charge on any atom is -0.504 e. The molecule has 0 atom stereocenters. The summed E-state index contributed by atoms with van der Waals surface area (Å²) in [5.41, 5.74) is 8.72. The van der Waals surface area contributed by atoms with Crippen LogP contribution in [0.25, 0.3) is 5.57 Å². The van der Waals surface area contributed by atoms with Crippen LogP contribution in [-0.2, 0) is 4.74 Å². The van der Waals surface area contributed by atoms with Gasteiger partial charge in [-0.2, -0.15) is 0 Å². The molecule has 0 aliphatic rings. The molecule has 1 aromatic rings. The third kappa shape index (κ3) is 2.21. The molecular weight excluding hydrogens is 164 g/mol. The van der Waals surface area contributed by atoms with Gasteiger partial charge in [-0.05, 0) is 31.1 Å². The van der Waals surface area contributed by atoms with E-state index < -0.39 is 0 Å². The standard InChI is InChI=1S/C10H14N2O/c1-7-4-9(8(2)6-13-3)10(11)12-5-7/h4-6H,1-3H3,(H2,11,12). The Kier molecular flexibility index (Phi) is 2.90. The zero-order chi connectivity index (χ0) is 9.84. The van der Waals surface area contributed by atoms with Gasteiger partial charge in [-0.25, -0.2) is 4.98 Å². The molecule has 2 N–H and O–H groups in total. The van der Waals surface area contributed by atoms with Crippen LogP contribution in [0.2, 0.25) is 0 Å². The van der Waals surface area contributed by atoms with Crippen molar-refractivity contribution in [3.63, 3.8) is 0 Å². The van der Waals surface area contributed by atoms with E-state index in [0.717, 1.165) is 16.7 Å². The number of hydrogen-bond donors (Lipinski definition) is 1. The second kappa shape index (κ2) is 3.94. The number of hydrogen-bond acceptors (Lipinski definition) is 3. The van der Waals surface area contributed by atoms with E-state index in [1.54, 1.807) is 19.6 Å².